The minimum atomic E-state index is -1.18. The lowest BCUT2D eigenvalue weighted by molar-refractivity contribution is -0.132. The maximum Gasteiger partial charge on any atom is 0.237 e. The number of pyridine rings is 1. The highest BCUT2D eigenvalue weighted by Gasteiger charge is 2.31. The van der Waals surface area contributed by atoms with Crippen molar-refractivity contribution in [3.63, 3.8) is 0 Å². The summed E-state index contributed by atoms with van der Waals surface area (Å²) in [6.45, 7) is 8.76. The first-order valence-electron chi connectivity index (χ1n) is 18.8. The van der Waals surface area contributed by atoms with Gasteiger partial charge in [-0.3, -0.25) is 29.1 Å². The summed E-state index contributed by atoms with van der Waals surface area (Å²) >= 11 is 0. The Labute approximate surface area is 306 Å². The zero-order valence-corrected chi connectivity index (χ0v) is 30.9. The number of aliphatic hydroxyl groups excluding tert-OH is 1. The number of imide groups is 1. The Kier molecular flexibility index (Phi) is 14.0. The monoisotopic (exact) mass is 710 g/mol. The fraction of sp³-hybridized carbons (Fsp3) is 0.525. The van der Waals surface area contributed by atoms with E-state index in [9.17, 15) is 19.5 Å². The van der Waals surface area contributed by atoms with Gasteiger partial charge in [-0.1, -0.05) is 96.2 Å². The first-order valence-corrected chi connectivity index (χ1v) is 18.8. The Morgan fingerprint density at radius 2 is 1.67 bits per heavy atom. The van der Waals surface area contributed by atoms with Gasteiger partial charge in [0.15, 0.2) is 5.65 Å². The predicted octanol–water partition coefficient (Wildman–Crippen LogP) is 4.98. The van der Waals surface area contributed by atoms with Gasteiger partial charge in [-0.2, -0.15) is 0 Å². The molecule has 3 unspecified atom stereocenters. The average Bonchev–Trinajstić information content (AvgIpc) is 3.52. The first-order chi connectivity index (χ1) is 25.0. The summed E-state index contributed by atoms with van der Waals surface area (Å²) < 4.78 is 1.77. The van der Waals surface area contributed by atoms with Crippen molar-refractivity contribution in [2.75, 3.05) is 0 Å². The maximum absolute atomic E-state index is 13.7. The smallest absolute Gasteiger partial charge is 0.237 e. The lowest BCUT2D eigenvalue weighted by Gasteiger charge is -2.31. The molecule has 0 saturated heterocycles. The van der Waals surface area contributed by atoms with Gasteiger partial charge in [0.05, 0.1) is 48.1 Å². The quantitative estimate of drug-likeness (QED) is 0.118. The minimum absolute atomic E-state index is 0.191. The second kappa shape index (κ2) is 18.8. The molecule has 0 radical (unpaired) electrons. The molecule has 1 aromatic carbocycles. The topological polar surface area (TPSA) is 164 Å². The van der Waals surface area contributed by atoms with Crippen LogP contribution in [0, 0.1) is 17.8 Å². The molecule has 278 valence electrons. The minimum Gasteiger partial charge on any atom is -0.390 e. The molecule has 52 heavy (non-hydrogen) atoms. The number of amides is 3. The molecular weight excluding hydrogens is 656 g/mol. The number of aromatic nitrogens is 5. The van der Waals surface area contributed by atoms with Gasteiger partial charge in [-0.15, -0.1) is 10.2 Å². The van der Waals surface area contributed by atoms with Gasteiger partial charge in [-0.05, 0) is 49.1 Å². The molecule has 3 amide bonds. The third kappa shape index (κ3) is 11.2. The summed E-state index contributed by atoms with van der Waals surface area (Å²) in [5.74, 6) is -0.114. The van der Waals surface area contributed by atoms with Crippen molar-refractivity contribution in [3.8, 4) is 11.3 Å². The Hall–Kier alpha value is -4.55. The summed E-state index contributed by atoms with van der Waals surface area (Å²) in [4.78, 5) is 49.4. The number of nitrogens with zero attached hydrogens (tertiary/aromatic N) is 5. The molecule has 0 bridgehead atoms. The molecule has 3 atom stereocenters. The van der Waals surface area contributed by atoms with Crippen molar-refractivity contribution >= 4 is 23.4 Å². The third-order valence-electron chi connectivity index (χ3n) is 9.58. The number of benzene rings is 1. The van der Waals surface area contributed by atoms with Crippen LogP contribution in [-0.2, 0) is 33.8 Å². The molecule has 4 aromatic rings. The van der Waals surface area contributed by atoms with E-state index < -0.39 is 30.0 Å². The van der Waals surface area contributed by atoms with Crippen LogP contribution < -0.4 is 16.0 Å². The molecule has 4 N–H and O–H groups in total. The number of hydrogen-bond acceptors (Lipinski definition) is 9. The number of fused-ring (bicyclic) bond motifs is 1. The Balaban J connectivity index is 1.25. The van der Waals surface area contributed by atoms with Crippen LogP contribution >= 0.6 is 0 Å². The fourth-order valence-electron chi connectivity index (χ4n) is 6.98. The van der Waals surface area contributed by atoms with Crippen LogP contribution in [0.4, 0.5) is 0 Å². The van der Waals surface area contributed by atoms with Crippen LogP contribution in [0.2, 0.25) is 0 Å². The van der Waals surface area contributed by atoms with Crippen molar-refractivity contribution in [2.24, 2.45) is 17.8 Å². The molecule has 3 heterocycles. The van der Waals surface area contributed by atoms with Crippen LogP contribution in [0.25, 0.3) is 16.9 Å². The summed E-state index contributed by atoms with van der Waals surface area (Å²) in [6.07, 6.45) is 9.11. The fourth-order valence-corrected chi connectivity index (χ4v) is 6.98. The number of rotatable bonds is 17. The molecule has 1 aliphatic carbocycles. The zero-order valence-electron chi connectivity index (χ0n) is 30.9. The van der Waals surface area contributed by atoms with Crippen LogP contribution in [0.3, 0.4) is 0 Å². The summed E-state index contributed by atoms with van der Waals surface area (Å²) in [5.41, 5.74) is 3.84. The van der Waals surface area contributed by atoms with E-state index in [-0.39, 0.29) is 24.7 Å². The normalized spacial score (nSPS) is 15.4. The van der Waals surface area contributed by atoms with Crippen molar-refractivity contribution in [1.82, 2.24) is 40.5 Å². The highest BCUT2D eigenvalue weighted by molar-refractivity contribution is 5.96. The van der Waals surface area contributed by atoms with Gasteiger partial charge in [0.25, 0.3) is 0 Å². The Morgan fingerprint density at radius 1 is 0.923 bits per heavy atom. The highest BCUT2D eigenvalue weighted by atomic mass is 16.3. The molecule has 0 aliphatic heterocycles. The lowest BCUT2D eigenvalue weighted by atomic mass is 9.83. The molecule has 3 aromatic heterocycles. The highest BCUT2D eigenvalue weighted by Crippen LogP contribution is 2.29. The summed E-state index contributed by atoms with van der Waals surface area (Å²) in [7, 11) is 0. The van der Waals surface area contributed by atoms with E-state index in [1.807, 2.05) is 54.7 Å². The Morgan fingerprint density at radius 3 is 2.37 bits per heavy atom. The predicted molar refractivity (Wildman–Crippen MR) is 200 cm³/mol. The molecule has 1 fully saturated rings. The molecule has 5 rings (SSSR count). The van der Waals surface area contributed by atoms with Crippen LogP contribution in [0.5, 0.6) is 0 Å². The number of nitrogens with one attached hydrogen (secondary N) is 3. The van der Waals surface area contributed by atoms with Crippen molar-refractivity contribution in [1.29, 1.82) is 0 Å². The van der Waals surface area contributed by atoms with E-state index in [1.165, 1.54) is 6.42 Å². The van der Waals surface area contributed by atoms with Crippen molar-refractivity contribution in [2.45, 2.75) is 117 Å². The number of carbonyl (C=O) groups excluding carboxylic acids is 3. The Bertz CT molecular complexity index is 1760. The number of carbonyl (C=O) groups is 3. The van der Waals surface area contributed by atoms with Gasteiger partial charge in [-0.25, -0.2) is 4.98 Å². The lowest BCUT2D eigenvalue weighted by Crippen LogP contribution is -2.53. The second-order valence-electron chi connectivity index (χ2n) is 15.0. The van der Waals surface area contributed by atoms with E-state index in [1.54, 1.807) is 10.6 Å². The molecule has 1 aliphatic rings. The van der Waals surface area contributed by atoms with Crippen molar-refractivity contribution in [3.05, 3.63) is 78.1 Å². The molecule has 0 spiro atoms. The largest absolute Gasteiger partial charge is 0.390 e. The SMILES string of the molecule is CC(C)Cc1nc(-c2ccccc2)cn2c(CC(=O)NC(=O)CC(O)C(CC3CCCCC3)NC(=O)C(CC(C)C)NCc3ccccn3)nnc12. The second-order valence-corrected chi connectivity index (χ2v) is 15.0. The summed E-state index contributed by atoms with van der Waals surface area (Å²) in [5, 5.41) is 29.0. The van der Waals surface area contributed by atoms with Crippen LogP contribution in [0.1, 0.15) is 96.3 Å². The van der Waals surface area contributed by atoms with E-state index in [0.717, 1.165) is 48.3 Å². The average molecular weight is 711 g/mol. The van der Waals surface area contributed by atoms with E-state index in [4.69, 9.17) is 4.98 Å². The van der Waals surface area contributed by atoms with Crippen LogP contribution in [0.15, 0.2) is 60.9 Å². The van der Waals surface area contributed by atoms with Crippen LogP contribution in [-0.4, -0.2) is 65.6 Å². The number of hydrogen-bond donors (Lipinski definition) is 4. The molecular formula is C40H54N8O4. The standard InChI is InChI=1S/C40H54N8O4/c1-26(2)19-32-39-47-46-36(48(39)25-34(43-32)29-15-9-6-10-16-29)23-38(51)45-37(50)22-35(49)31(21-28-13-7-5-8-14-28)44-40(52)33(20-27(3)4)42-24-30-17-11-12-18-41-30/h6,9-12,15-18,25-28,31,33,35,42,49H,5,7-8,13-14,19-24H2,1-4H3,(H,44,52)(H,45,50,51). The van der Waals surface area contributed by atoms with Gasteiger partial charge >= 0.3 is 0 Å². The summed E-state index contributed by atoms with van der Waals surface area (Å²) in [6, 6.07) is 14.3. The van der Waals surface area contributed by atoms with Gasteiger partial charge in [0.1, 0.15) is 5.82 Å². The van der Waals surface area contributed by atoms with E-state index in [0.29, 0.717) is 49.1 Å². The van der Waals surface area contributed by atoms with Gasteiger partial charge < -0.3 is 15.7 Å². The molecule has 12 nitrogen and oxygen atoms in total. The van der Waals surface area contributed by atoms with E-state index in [2.05, 4.69) is 58.8 Å². The van der Waals surface area contributed by atoms with E-state index >= 15 is 0 Å². The maximum atomic E-state index is 13.7. The van der Waals surface area contributed by atoms with Crippen molar-refractivity contribution < 1.29 is 19.5 Å². The number of aliphatic hydroxyl groups is 1. The van der Waals surface area contributed by atoms with Gasteiger partial charge in [0, 0.05) is 24.5 Å². The third-order valence-corrected chi connectivity index (χ3v) is 9.58. The first kappa shape index (κ1) is 38.7. The molecule has 12 heteroatoms. The molecule has 1 saturated carbocycles. The van der Waals surface area contributed by atoms with Gasteiger partial charge in [0.2, 0.25) is 17.7 Å². The zero-order chi connectivity index (χ0) is 37.0.